The molecule has 3 aromatic rings. The average Bonchev–Trinajstić information content (AvgIpc) is 2.70. The lowest BCUT2D eigenvalue weighted by molar-refractivity contribution is -0.145. The molecule has 4 heteroatoms. The quantitative estimate of drug-likeness (QED) is 0.465. The summed E-state index contributed by atoms with van der Waals surface area (Å²) in [5.74, 6) is 0.349. The van der Waals surface area contributed by atoms with Crippen LogP contribution in [0, 0.1) is 0 Å². The minimum absolute atomic E-state index is 0.187. The number of aryl methyl sites for hydroxylation is 1. The number of hydrogen-bond acceptors (Lipinski definition) is 4. The fraction of sp³-hybridized carbons (Fsp3) is 0.273. The Balaban J connectivity index is 1.56. The van der Waals surface area contributed by atoms with E-state index < -0.39 is 0 Å². The van der Waals surface area contributed by atoms with E-state index in [1.807, 2.05) is 55.5 Å². The van der Waals surface area contributed by atoms with Crippen molar-refractivity contribution in [2.24, 2.45) is 0 Å². The number of fused-ring (bicyclic) bond motifs is 1. The van der Waals surface area contributed by atoms with Crippen LogP contribution in [-0.2, 0) is 16.0 Å². The minimum atomic E-state index is -0.289. The highest BCUT2D eigenvalue weighted by Gasteiger charge is 2.17. The summed E-state index contributed by atoms with van der Waals surface area (Å²) < 4.78 is 10.7. The maximum Gasteiger partial charge on any atom is 0.313 e. The second-order valence-electron chi connectivity index (χ2n) is 6.32. The lowest BCUT2D eigenvalue weighted by Crippen LogP contribution is -2.14. The SMILES string of the molecule is COc1ccc2cc(C(C)C(=O)OCCCc3ccncc3)ccc2c1. The first-order valence-electron chi connectivity index (χ1n) is 8.80. The Morgan fingerprint density at radius 2 is 1.77 bits per heavy atom. The Labute approximate surface area is 153 Å². The summed E-state index contributed by atoms with van der Waals surface area (Å²) in [7, 11) is 1.66. The molecule has 4 nitrogen and oxygen atoms in total. The van der Waals surface area contributed by atoms with Crippen LogP contribution in [0.1, 0.15) is 30.4 Å². The molecule has 1 heterocycles. The molecule has 3 rings (SSSR count). The van der Waals surface area contributed by atoms with Gasteiger partial charge in [0.05, 0.1) is 19.6 Å². The van der Waals surface area contributed by atoms with Crippen LogP contribution in [0.25, 0.3) is 10.8 Å². The predicted octanol–water partition coefficient (Wildman–Crippen LogP) is 4.52. The molecule has 0 N–H and O–H groups in total. The highest BCUT2D eigenvalue weighted by molar-refractivity contribution is 5.86. The molecule has 2 aromatic carbocycles. The third kappa shape index (κ3) is 4.39. The van der Waals surface area contributed by atoms with Gasteiger partial charge in [0.15, 0.2) is 0 Å². The highest BCUT2D eigenvalue weighted by Crippen LogP contribution is 2.25. The molecule has 1 unspecified atom stereocenters. The van der Waals surface area contributed by atoms with E-state index in [0.717, 1.165) is 34.9 Å². The van der Waals surface area contributed by atoms with E-state index >= 15 is 0 Å². The summed E-state index contributed by atoms with van der Waals surface area (Å²) in [6, 6.07) is 15.9. The van der Waals surface area contributed by atoms with E-state index in [2.05, 4.69) is 4.98 Å². The largest absolute Gasteiger partial charge is 0.497 e. The third-order valence-electron chi connectivity index (χ3n) is 4.53. The first kappa shape index (κ1) is 17.9. The molecule has 0 aliphatic rings. The molecular weight excluding hydrogens is 326 g/mol. The summed E-state index contributed by atoms with van der Waals surface area (Å²) in [4.78, 5) is 16.3. The number of nitrogens with zero attached hydrogens (tertiary/aromatic N) is 1. The molecule has 0 bridgehead atoms. The van der Waals surface area contributed by atoms with E-state index in [9.17, 15) is 4.79 Å². The molecule has 0 aliphatic heterocycles. The maximum atomic E-state index is 12.3. The molecule has 0 saturated heterocycles. The number of carbonyl (C=O) groups is 1. The van der Waals surface area contributed by atoms with Crippen molar-refractivity contribution < 1.29 is 14.3 Å². The van der Waals surface area contributed by atoms with E-state index in [0.29, 0.717) is 6.61 Å². The van der Waals surface area contributed by atoms with Crippen molar-refractivity contribution in [1.82, 2.24) is 4.98 Å². The zero-order valence-electron chi connectivity index (χ0n) is 15.1. The zero-order valence-corrected chi connectivity index (χ0v) is 15.1. The predicted molar refractivity (Wildman–Crippen MR) is 102 cm³/mol. The first-order chi connectivity index (χ1) is 12.7. The van der Waals surface area contributed by atoms with Gasteiger partial charge in [-0.05, 0) is 65.9 Å². The van der Waals surface area contributed by atoms with Gasteiger partial charge in [-0.3, -0.25) is 9.78 Å². The van der Waals surface area contributed by atoms with Crippen LogP contribution in [-0.4, -0.2) is 24.7 Å². The molecule has 0 amide bonds. The topological polar surface area (TPSA) is 48.4 Å². The summed E-state index contributed by atoms with van der Waals surface area (Å²) in [6.07, 6.45) is 5.24. The van der Waals surface area contributed by atoms with Crippen LogP contribution < -0.4 is 4.74 Å². The number of esters is 1. The summed E-state index contributed by atoms with van der Waals surface area (Å²) >= 11 is 0. The van der Waals surface area contributed by atoms with Crippen molar-refractivity contribution in [3.8, 4) is 5.75 Å². The van der Waals surface area contributed by atoms with Crippen LogP contribution in [0.3, 0.4) is 0 Å². The Morgan fingerprint density at radius 3 is 2.54 bits per heavy atom. The van der Waals surface area contributed by atoms with Crippen molar-refractivity contribution in [3.05, 3.63) is 72.1 Å². The molecule has 0 fully saturated rings. The summed E-state index contributed by atoms with van der Waals surface area (Å²) in [5.41, 5.74) is 2.16. The van der Waals surface area contributed by atoms with Crippen LogP contribution in [0.15, 0.2) is 60.9 Å². The van der Waals surface area contributed by atoms with Gasteiger partial charge in [0.25, 0.3) is 0 Å². The van der Waals surface area contributed by atoms with Crippen LogP contribution in [0.4, 0.5) is 0 Å². The van der Waals surface area contributed by atoms with Gasteiger partial charge in [-0.1, -0.05) is 24.3 Å². The zero-order chi connectivity index (χ0) is 18.4. The number of methoxy groups -OCH3 is 1. The monoisotopic (exact) mass is 349 g/mol. The minimum Gasteiger partial charge on any atom is -0.497 e. The Bertz CT molecular complexity index is 877. The molecule has 0 spiro atoms. The number of hydrogen-bond donors (Lipinski definition) is 0. The van der Waals surface area contributed by atoms with E-state index in [1.54, 1.807) is 19.5 Å². The van der Waals surface area contributed by atoms with Crippen molar-refractivity contribution >= 4 is 16.7 Å². The number of benzene rings is 2. The number of rotatable bonds is 7. The molecule has 26 heavy (non-hydrogen) atoms. The third-order valence-corrected chi connectivity index (χ3v) is 4.53. The number of pyridine rings is 1. The Morgan fingerprint density at radius 1 is 1.04 bits per heavy atom. The van der Waals surface area contributed by atoms with Gasteiger partial charge in [-0.25, -0.2) is 0 Å². The fourth-order valence-electron chi connectivity index (χ4n) is 2.90. The Kier molecular flexibility index (Phi) is 5.84. The number of carbonyl (C=O) groups excluding carboxylic acids is 1. The van der Waals surface area contributed by atoms with E-state index in [-0.39, 0.29) is 11.9 Å². The number of ether oxygens (including phenoxy) is 2. The summed E-state index contributed by atoms with van der Waals surface area (Å²) in [6.45, 7) is 2.31. The van der Waals surface area contributed by atoms with E-state index in [1.165, 1.54) is 5.56 Å². The lowest BCUT2D eigenvalue weighted by atomic mass is 9.98. The number of aromatic nitrogens is 1. The van der Waals surface area contributed by atoms with Gasteiger partial charge in [0.1, 0.15) is 5.75 Å². The van der Waals surface area contributed by atoms with Gasteiger partial charge < -0.3 is 9.47 Å². The molecule has 134 valence electrons. The Hall–Kier alpha value is -2.88. The maximum absolute atomic E-state index is 12.3. The smallest absolute Gasteiger partial charge is 0.313 e. The van der Waals surface area contributed by atoms with Crippen LogP contribution in [0.2, 0.25) is 0 Å². The lowest BCUT2D eigenvalue weighted by Gasteiger charge is -2.13. The molecule has 0 radical (unpaired) electrons. The van der Waals surface area contributed by atoms with Gasteiger partial charge in [-0.15, -0.1) is 0 Å². The van der Waals surface area contributed by atoms with Crippen molar-refractivity contribution in [2.45, 2.75) is 25.7 Å². The van der Waals surface area contributed by atoms with Gasteiger partial charge in [0, 0.05) is 12.4 Å². The highest BCUT2D eigenvalue weighted by atomic mass is 16.5. The fourth-order valence-corrected chi connectivity index (χ4v) is 2.90. The van der Waals surface area contributed by atoms with Crippen molar-refractivity contribution in [1.29, 1.82) is 0 Å². The van der Waals surface area contributed by atoms with Gasteiger partial charge in [0.2, 0.25) is 0 Å². The second kappa shape index (κ2) is 8.48. The molecular formula is C22H23NO3. The molecule has 0 aliphatic carbocycles. The standard InChI is InChI=1S/C22H23NO3/c1-16(22(24)26-13-3-4-17-9-11-23-12-10-17)18-5-6-20-15-21(25-2)8-7-19(20)14-18/h5-12,14-16H,3-4,13H2,1-2H3. The molecule has 1 aromatic heterocycles. The van der Waals surface area contributed by atoms with Crippen molar-refractivity contribution in [3.63, 3.8) is 0 Å². The van der Waals surface area contributed by atoms with Crippen molar-refractivity contribution in [2.75, 3.05) is 13.7 Å². The van der Waals surface area contributed by atoms with Gasteiger partial charge in [-0.2, -0.15) is 0 Å². The average molecular weight is 349 g/mol. The van der Waals surface area contributed by atoms with Gasteiger partial charge >= 0.3 is 5.97 Å². The normalized spacial score (nSPS) is 11.9. The molecule has 0 saturated carbocycles. The first-order valence-corrected chi connectivity index (χ1v) is 8.80. The molecule has 1 atom stereocenters. The van der Waals surface area contributed by atoms with Crippen LogP contribution >= 0.6 is 0 Å². The van der Waals surface area contributed by atoms with E-state index in [4.69, 9.17) is 9.47 Å². The summed E-state index contributed by atoms with van der Waals surface area (Å²) in [5, 5.41) is 2.17. The second-order valence-corrected chi connectivity index (χ2v) is 6.32. The van der Waals surface area contributed by atoms with Crippen LogP contribution in [0.5, 0.6) is 5.75 Å².